The quantitative estimate of drug-likeness (QED) is 0.107. The van der Waals surface area contributed by atoms with Crippen LogP contribution in [-0.2, 0) is 12.8 Å². The fourth-order valence-electron chi connectivity index (χ4n) is 4.09. The Hall–Kier alpha value is 0.876. The van der Waals surface area contributed by atoms with Gasteiger partial charge >= 0.3 is 292 Å². The van der Waals surface area contributed by atoms with Crippen LogP contribution in [0.1, 0.15) is 139 Å². The zero-order chi connectivity index (χ0) is 32.9. The van der Waals surface area contributed by atoms with Gasteiger partial charge in [0.2, 0.25) is 0 Å². The average Bonchev–Trinajstić information content (AvgIpc) is 3.04. The second-order valence-electron chi connectivity index (χ2n) is 10.7. The van der Waals surface area contributed by atoms with Gasteiger partial charge in [0.05, 0.1) is 0 Å². The summed E-state index contributed by atoms with van der Waals surface area (Å²) in [5, 5.41) is 32.4. The van der Waals surface area contributed by atoms with Crippen molar-refractivity contribution in [1.29, 1.82) is 21.0 Å². The first-order chi connectivity index (χ1) is 20.3. The molecule has 0 bridgehead atoms. The summed E-state index contributed by atoms with van der Waals surface area (Å²) in [6, 6.07) is 0. The summed E-state index contributed by atoms with van der Waals surface area (Å²) in [5.41, 5.74) is 0. The normalized spacial score (nSPS) is 9.93. The van der Waals surface area contributed by atoms with E-state index in [2.05, 4.69) is 62.3 Å². The minimum absolute atomic E-state index is 0.777. The fourth-order valence-corrected chi connectivity index (χ4v) is 27.2. The predicted octanol–water partition coefficient (Wildman–Crippen LogP) is 12.4. The standard InChI is InChI=1S/6C4H9.3C2H5.4CN.Cu.3Sn/c6*1-3-4-2;7*1-2;;;;/h6*1,3-4H2,2H3;3*1H2,2H3;;;;;;;;/q;;;;;;;;;;;;;-3;3*+1. The van der Waals surface area contributed by atoms with Gasteiger partial charge in [-0.1, -0.05) is 0 Å². The SMILES string of the molecule is CCC[CH2][Sn+]([CH2]C)[CH2]CCC.CCC[CH2][Sn+]([CH2]C)[CH2]CCC.CCC[CH2][Sn+]([CH2]C)[CH2]CCC.N#[C][Cu-3]([C]#N)([C]#N)[C]#N. The Bertz CT molecular complexity index is 576. The van der Waals surface area contributed by atoms with E-state index in [1.165, 1.54) is 96.9 Å². The number of nitrogens with zero attached hydrogens (tertiary/aromatic N) is 4. The molecule has 0 spiro atoms. The summed E-state index contributed by atoms with van der Waals surface area (Å²) in [6.45, 7) is 21.1. The Labute approximate surface area is 289 Å². The van der Waals surface area contributed by atoms with E-state index in [4.69, 9.17) is 21.0 Å². The van der Waals surface area contributed by atoms with E-state index in [0.717, 1.165) is 0 Å². The van der Waals surface area contributed by atoms with Gasteiger partial charge in [0.15, 0.2) is 0 Å². The Morgan fingerprint density at radius 1 is 0.357 bits per heavy atom. The van der Waals surface area contributed by atoms with Gasteiger partial charge in [-0.2, -0.15) is 0 Å². The van der Waals surface area contributed by atoms with E-state index in [9.17, 15) is 0 Å². The molecular formula is C34H69CuN4Sn3. The summed E-state index contributed by atoms with van der Waals surface area (Å²) in [4.78, 5) is 5.44. The number of hydrogen-bond donors (Lipinski definition) is 0. The molecule has 0 unspecified atom stereocenters. The summed E-state index contributed by atoms with van der Waals surface area (Å²) >= 11 is -5.21. The predicted molar refractivity (Wildman–Crippen MR) is 189 cm³/mol. The van der Waals surface area contributed by atoms with Gasteiger partial charge in [-0.3, -0.25) is 0 Å². The molecule has 0 atom stereocenters. The maximum absolute atomic E-state index is 8.09. The number of rotatable bonds is 21. The fraction of sp³-hybridized carbons (Fsp3) is 0.882. The molecule has 42 heavy (non-hydrogen) atoms. The number of hydrogen-bond acceptors (Lipinski definition) is 4. The molecule has 0 N–H and O–H groups in total. The van der Waals surface area contributed by atoms with Crippen LogP contribution in [0.15, 0.2) is 0 Å². The molecule has 0 rings (SSSR count). The van der Waals surface area contributed by atoms with Crippen molar-refractivity contribution in [1.82, 2.24) is 0 Å². The van der Waals surface area contributed by atoms with Gasteiger partial charge in [0, 0.05) is 0 Å². The molecular weight excluding hydrogens is 884 g/mol. The monoisotopic (exact) mass is 956 g/mol. The first-order valence-electron chi connectivity index (χ1n) is 17.0. The van der Waals surface area contributed by atoms with Crippen LogP contribution < -0.4 is 0 Å². The van der Waals surface area contributed by atoms with E-state index in [1.54, 1.807) is 39.9 Å². The van der Waals surface area contributed by atoms with Gasteiger partial charge in [-0.25, -0.2) is 0 Å². The van der Waals surface area contributed by atoms with Crippen LogP contribution in [0, 0.1) is 40.9 Å². The zero-order valence-electron chi connectivity index (χ0n) is 29.4. The summed E-state index contributed by atoms with van der Waals surface area (Å²) in [6.07, 6.45) is 17.6. The van der Waals surface area contributed by atoms with Crippen molar-refractivity contribution in [2.75, 3.05) is 0 Å². The summed E-state index contributed by atoms with van der Waals surface area (Å²) in [5.74, 6) is 0. The zero-order valence-corrected chi connectivity index (χ0v) is 38.9. The molecule has 0 aromatic rings. The van der Waals surface area contributed by atoms with E-state index in [1.807, 2.05) is 0 Å². The molecule has 0 aromatic carbocycles. The molecule has 0 aliphatic heterocycles. The van der Waals surface area contributed by atoms with Crippen LogP contribution >= 0.6 is 0 Å². The molecule has 0 fully saturated rings. The molecule has 8 heteroatoms. The molecule has 0 aromatic heterocycles. The molecule has 0 heterocycles. The van der Waals surface area contributed by atoms with E-state index in [0.29, 0.717) is 0 Å². The Morgan fingerprint density at radius 3 is 0.595 bits per heavy atom. The van der Waals surface area contributed by atoms with Crippen molar-refractivity contribution in [3.63, 3.8) is 0 Å². The third-order valence-electron chi connectivity index (χ3n) is 7.21. The van der Waals surface area contributed by atoms with Gasteiger partial charge in [-0.05, 0) is 0 Å². The third kappa shape index (κ3) is 35.4. The molecule has 0 amide bonds. The molecule has 0 aliphatic carbocycles. The van der Waals surface area contributed by atoms with Crippen LogP contribution in [0.3, 0.4) is 0 Å². The maximum atomic E-state index is 8.09. The van der Waals surface area contributed by atoms with Crippen molar-refractivity contribution >= 4 is 59.3 Å². The Kier molecular flexibility index (Phi) is 49.6. The van der Waals surface area contributed by atoms with Crippen molar-refractivity contribution in [2.24, 2.45) is 0 Å². The Balaban J connectivity index is -0.000000230. The van der Waals surface area contributed by atoms with E-state index in [-0.39, 0.29) is 0 Å². The second kappa shape index (κ2) is 41.9. The van der Waals surface area contributed by atoms with Gasteiger partial charge in [-0.15, -0.1) is 0 Å². The molecule has 248 valence electrons. The topological polar surface area (TPSA) is 95.2 Å². The number of unbranched alkanes of at least 4 members (excludes halogenated alkanes) is 6. The van der Waals surface area contributed by atoms with E-state index < -0.39 is 72.1 Å². The van der Waals surface area contributed by atoms with E-state index >= 15 is 0 Å². The van der Waals surface area contributed by atoms with Crippen LogP contribution in [0.4, 0.5) is 0 Å². The van der Waals surface area contributed by atoms with Crippen LogP contribution in [0.5, 0.6) is 0 Å². The van der Waals surface area contributed by atoms with Gasteiger partial charge in [0.25, 0.3) is 0 Å². The first kappa shape index (κ1) is 49.7. The van der Waals surface area contributed by atoms with Crippen molar-refractivity contribution < 1.29 is 12.8 Å². The second-order valence-corrected chi connectivity index (χ2v) is 40.4. The Morgan fingerprint density at radius 2 is 0.524 bits per heavy atom. The van der Waals surface area contributed by atoms with Crippen molar-refractivity contribution in [3.05, 3.63) is 0 Å². The summed E-state index contributed by atoms with van der Waals surface area (Å²) in [7, 11) is 0. The average molecular weight is 954 g/mol. The molecule has 0 saturated heterocycles. The molecule has 0 radical (unpaired) electrons. The van der Waals surface area contributed by atoms with Crippen LogP contribution in [0.25, 0.3) is 0 Å². The third-order valence-corrected chi connectivity index (χ3v) is 35.2. The van der Waals surface area contributed by atoms with Gasteiger partial charge in [0.1, 0.15) is 0 Å². The molecule has 4 nitrogen and oxygen atoms in total. The van der Waals surface area contributed by atoms with Crippen molar-refractivity contribution in [3.8, 4) is 19.9 Å². The molecule has 0 saturated carbocycles. The first-order valence-corrected chi connectivity index (χ1v) is 37.1. The summed E-state index contributed by atoms with van der Waals surface area (Å²) < 4.78 is 14.7. The van der Waals surface area contributed by atoms with Crippen LogP contribution in [-0.4, -0.2) is 59.3 Å². The minimum atomic E-state index is -2.88. The van der Waals surface area contributed by atoms with Crippen LogP contribution in [0.2, 0.25) is 39.9 Å². The number of nitriles is 4. The van der Waals surface area contributed by atoms with Crippen molar-refractivity contribution in [2.45, 2.75) is 179 Å². The van der Waals surface area contributed by atoms with Gasteiger partial charge < -0.3 is 0 Å². The molecule has 0 aliphatic rings.